The van der Waals surface area contributed by atoms with E-state index in [-0.39, 0.29) is 17.9 Å². The molecule has 1 unspecified atom stereocenters. The van der Waals surface area contributed by atoms with E-state index in [9.17, 15) is 9.59 Å². The molecule has 2 aromatic carbocycles. The van der Waals surface area contributed by atoms with Crippen LogP contribution in [-0.2, 0) is 11.3 Å². The van der Waals surface area contributed by atoms with Gasteiger partial charge in [-0.2, -0.15) is 0 Å². The molecule has 1 heterocycles. The van der Waals surface area contributed by atoms with E-state index >= 15 is 0 Å². The molecule has 26 heavy (non-hydrogen) atoms. The van der Waals surface area contributed by atoms with Gasteiger partial charge < -0.3 is 15.5 Å². The maximum atomic E-state index is 12.2. The highest BCUT2D eigenvalue weighted by Crippen LogP contribution is 2.20. The first-order valence-corrected chi connectivity index (χ1v) is 8.95. The predicted octanol–water partition coefficient (Wildman–Crippen LogP) is 3.47. The lowest BCUT2D eigenvalue weighted by molar-refractivity contribution is -0.128. The molecule has 2 N–H and O–H groups in total. The second-order valence-electron chi connectivity index (χ2n) is 6.96. The van der Waals surface area contributed by atoms with Crippen LogP contribution in [0.25, 0.3) is 0 Å². The summed E-state index contributed by atoms with van der Waals surface area (Å²) in [7, 11) is 0. The number of amides is 3. The van der Waals surface area contributed by atoms with Crippen molar-refractivity contribution in [2.24, 2.45) is 5.92 Å². The Hall–Kier alpha value is -2.82. The van der Waals surface area contributed by atoms with Crippen LogP contribution < -0.4 is 10.6 Å². The van der Waals surface area contributed by atoms with E-state index in [0.29, 0.717) is 26.1 Å². The fourth-order valence-corrected chi connectivity index (χ4v) is 3.18. The number of rotatable bonds is 5. The molecule has 0 spiro atoms. The van der Waals surface area contributed by atoms with Gasteiger partial charge in [0.15, 0.2) is 0 Å². The molecule has 1 atom stereocenters. The van der Waals surface area contributed by atoms with Crippen molar-refractivity contribution in [1.29, 1.82) is 0 Å². The molecule has 0 bridgehead atoms. The zero-order chi connectivity index (χ0) is 18.5. The van der Waals surface area contributed by atoms with Crippen LogP contribution in [0.1, 0.15) is 23.1 Å². The molecule has 3 rings (SSSR count). The van der Waals surface area contributed by atoms with Crippen LogP contribution in [0.4, 0.5) is 10.5 Å². The second-order valence-corrected chi connectivity index (χ2v) is 6.96. The number of benzene rings is 2. The monoisotopic (exact) mass is 351 g/mol. The smallest absolute Gasteiger partial charge is 0.319 e. The Morgan fingerprint density at radius 2 is 1.88 bits per heavy atom. The van der Waals surface area contributed by atoms with E-state index in [2.05, 4.69) is 10.6 Å². The minimum Gasteiger partial charge on any atom is -0.338 e. The number of urea groups is 1. The van der Waals surface area contributed by atoms with Gasteiger partial charge in [-0.1, -0.05) is 36.4 Å². The van der Waals surface area contributed by atoms with Gasteiger partial charge in [-0.15, -0.1) is 0 Å². The van der Waals surface area contributed by atoms with Gasteiger partial charge in [-0.25, -0.2) is 4.79 Å². The number of carbonyl (C=O) groups excluding carboxylic acids is 2. The summed E-state index contributed by atoms with van der Waals surface area (Å²) in [6.45, 7) is 5.86. The normalized spacial score (nSPS) is 16.6. The van der Waals surface area contributed by atoms with Crippen LogP contribution in [0.3, 0.4) is 0 Å². The summed E-state index contributed by atoms with van der Waals surface area (Å²) in [5, 5.41) is 5.73. The van der Waals surface area contributed by atoms with Crippen molar-refractivity contribution in [3.63, 3.8) is 0 Å². The molecule has 0 radical (unpaired) electrons. The molecule has 5 heteroatoms. The van der Waals surface area contributed by atoms with Crippen molar-refractivity contribution < 1.29 is 9.59 Å². The molecule has 0 aliphatic carbocycles. The highest BCUT2D eigenvalue weighted by Gasteiger charge is 2.29. The molecule has 0 saturated carbocycles. The Morgan fingerprint density at radius 3 is 2.62 bits per heavy atom. The van der Waals surface area contributed by atoms with Crippen molar-refractivity contribution in [3.05, 3.63) is 65.2 Å². The van der Waals surface area contributed by atoms with Crippen molar-refractivity contribution in [2.45, 2.75) is 26.8 Å². The first-order chi connectivity index (χ1) is 12.5. The summed E-state index contributed by atoms with van der Waals surface area (Å²) in [6.07, 6.45) is 0.483. The van der Waals surface area contributed by atoms with Crippen LogP contribution in [0, 0.1) is 19.8 Å². The van der Waals surface area contributed by atoms with Gasteiger partial charge in [0.2, 0.25) is 5.91 Å². The van der Waals surface area contributed by atoms with Gasteiger partial charge in [0.1, 0.15) is 0 Å². The average Bonchev–Trinajstić information content (AvgIpc) is 2.97. The van der Waals surface area contributed by atoms with Gasteiger partial charge in [0.25, 0.3) is 0 Å². The summed E-state index contributed by atoms with van der Waals surface area (Å²) in [5.41, 5.74) is 4.24. The molecule has 1 fully saturated rings. The fraction of sp³-hybridized carbons (Fsp3) is 0.333. The maximum absolute atomic E-state index is 12.2. The lowest BCUT2D eigenvalue weighted by atomic mass is 10.1. The van der Waals surface area contributed by atoms with Crippen LogP contribution >= 0.6 is 0 Å². The predicted molar refractivity (Wildman–Crippen MR) is 103 cm³/mol. The van der Waals surface area contributed by atoms with E-state index in [0.717, 1.165) is 16.8 Å². The molecule has 1 aliphatic heterocycles. The van der Waals surface area contributed by atoms with Crippen molar-refractivity contribution >= 4 is 17.6 Å². The lowest BCUT2D eigenvalue weighted by Crippen LogP contribution is -2.34. The molecule has 1 aliphatic rings. The fourth-order valence-electron chi connectivity index (χ4n) is 3.18. The molecular formula is C21H25N3O2. The highest BCUT2D eigenvalue weighted by atomic mass is 16.2. The maximum Gasteiger partial charge on any atom is 0.319 e. The van der Waals surface area contributed by atoms with E-state index in [1.165, 1.54) is 5.56 Å². The molecule has 5 nitrogen and oxygen atoms in total. The third kappa shape index (κ3) is 4.63. The highest BCUT2D eigenvalue weighted by molar-refractivity contribution is 5.89. The topological polar surface area (TPSA) is 61.4 Å². The Labute approximate surface area is 154 Å². The standard InChI is InChI=1S/C21H25N3O2/c1-15-8-9-19(10-16(15)2)23-21(26)22-12-18-11-20(25)24(14-18)13-17-6-4-3-5-7-17/h3-10,18H,11-14H2,1-2H3,(H2,22,23,26). The number of nitrogens with one attached hydrogen (secondary N) is 2. The number of nitrogens with zero attached hydrogens (tertiary/aromatic N) is 1. The summed E-state index contributed by atoms with van der Waals surface area (Å²) >= 11 is 0. The third-order valence-corrected chi connectivity index (χ3v) is 4.83. The van der Waals surface area contributed by atoms with Crippen molar-refractivity contribution in [1.82, 2.24) is 10.2 Å². The van der Waals surface area contributed by atoms with Crippen LogP contribution in [-0.4, -0.2) is 29.9 Å². The number of likely N-dealkylation sites (tertiary alicyclic amines) is 1. The summed E-state index contributed by atoms with van der Waals surface area (Å²) < 4.78 is 0. The van der Waals surface area contributed by atoms with Gasteiger partial charge in [0.05, 0.1) is 0 Å². The van der Waals surface area contributed by atoms with Crippen molar-refractivity contribution in [3.8, 4) is 0 Å². The van der Waals surface area contributed by atoms with E-state index in [1.54, 1.807) is 0 Å². The summed E-state index contributed by atoms with van der Waals surface area (Å²) in [6, 6.07) is 15.6. The molecule has 136 valence electrons. The number of aryl methyl sites for hydroxylation is 2. The van der Waals surface area contributed by atoms with Crippen LogP contribution in [0.5, 0.6) is 0 Å². The van der Waals surface area contributed by atoms with Crippen LogP contribution in [0.15, 0.2) is 48.5 Å². The van der Waals surface area contributed by atoms with Gasteiger partial charge in [0, 0.05) is 37.7 Å². The zero-order valence-corrected chi connectivity index (χ0v) is 15.3. The second kappa shape index (κ2) is 8.04. The number of hydrogen-bond acceptors (Lipinski definition) is 2. The molecule has 0 aromatic heterocycles. The molecular weight excluding hydrogens is 326 g/mol. The number of anilines is 1. The minimum atomic E-state index is -0.234. The summed E-state index contributed by atoms with van der Waals surface area (Å²) in [5.74, 6) is 0.298. The first-order valence-electron chi connectivity index (χ1n) is 8.95. The zero-order valence-electron chi connectivity index (χ0n) is 15.3. The molecule has 2 aromatic rings. The van der Waals surface area contributed by atoms with E-state index in [1.807, 2.05) is 67.3 Å². The Balaban J connectivity index is 1.46. The summed E-state index contributed by atoms with van der Waals surface area (Å²) in [4.78, 5) is 26.2. The van der Waals surface area contributed by atoms with Gasteiger partial charge in [-0.05, 0) is 42.7 Å². The SMILES string of the molecule is Cc1ccc(NC(=O)NCC2CC(=O)N(Cc3ccccc3)C2)cc1C. The Bertz CT molecular complexity index is 789. The number of hydrogen-bond donors (Lipinski definition) is 2. The Kier molecular flexibility index (Phi) is 5.56. The average molecular weight is 351 g/mol. The quantitative estimate of drug-likeness (QED) is 0.866. The Morgan fingerprint density at radius 1 is 1.12 bits per heavy atom. The molecule has 3 amide bonds. The van der Waals surface area contributed by atoms with Crippen LogP contribution in [0.2, 0.25) is 0 Å². The van der Waals surface area contributed by atoms with Gasteiger partial charge in [-0.3, -0.25) is 4.79 Å². The van der Waals surface area contributed by atoms with E-state index < -0.39 is 0 Å². The molecule has 1 saturated heterocycles. The third-order valence-electron chi connectivity index (χ3n) is 4.83. The lowest BCUT2D eigenvalue weighted by Gasteiger charge is -2.17. The van der Waals surface area contributed by atoms with Gasteiger partial charge >= 0.3 is 6.03 Å². The largest absolute Gasteiger partial charge is 0.338 e. The van der Waals surface area contributed by atoms with Crippen molar-refractivity contribution in [2.75, 3.05) is 18.4 Å². The minimum absolute atomic E-state index is 0.148. The first kappa shape index (κ1) is 18.0. The van der Waals surface area contributed by atoms with E-state index in [4.69, 9.17) is 0 Å². The number of carbonyl (C=O) groups is 2.